The van der Waals surface area contributed by atoms with Crippen LogP contribution >= 0.6 is 12.6 Å². The molecular formula is C6H13S-. The summed E-state index contributed by atoms with van der Waals surface area (Å²) < 4.78 is 0. The Kier molecular flexibility index (Phi) is 6.67. The monoisotopic (exact) mass is 117 g/mol. The molecule has 7 heavy (non-hydrogen) atoms. The van der Waals surface area contributed by atoms with Gasteiger partial charge in [0, 0.05) is 0 Å². The molecule has 0 amide bonds. The van der Waals surface area contributed by atoms with Crippen LogP contribution in [0.1, 0.15) is 32.6 Å². The van der Waals surface area contributed by atoms with Crippen molar-refractivity contribution in [1.82, 2.24) is 0 Å². The molecule has 0 rings (SSSR count). The predicted octanol–water partition coefficient (Wildman–Crippen LogP) is 2.66. The Morgan fingerprint density at radius 2 is 2.14 bits per heavy atom. The number of rotatable bonds is 4. The van der Waals surface area contributed by atoms with Gasteiger partial charge in [-0.1, -0.05) is 26.2 Å². The van der Waals surface area contributed by atoms with E-state index < -0.39 is 0 Å². The lowest BCUT2D eigenvalue weighted by Gasteiger charge is -1.99. The summed E-state index contributed by atoms with van der Waals surface area (Å²) in [6.45, 7) is 2.21. The molecule has 1 heteroatoms. The topological polar surface area (TPSA) is 0 Å². The summed E-state index contributed by atoms with van der Waals surface area (Å²) >= 11 is 3.97. The van der Waals surface area contributed by atoms with E-state index in [1.807, 2.05) is 5.75 Å². The van der Waals surface area contributed by atoms with Gasteiger partial charge in [0.2, 0.25) is 0 Å². The van der Waals surface area contributed by atoms with E-state index in [1.54, 1.807) is 0 Å². The second kappa shape index (κ2) is 6.35. The summed E-state index contributed by atoms with van der Waals surface area (Å²) in [5.41, 5.74) is 0. The third-order valence-electron chi connectivity index (χ3n) is 0.937. The average Bonchev–Trinajstić information content (AvgIpc) is 1.69. The van der Waals surface area contributed by atoms with Crippen LogP contribution in [-0.2, 0) is 0 Å². The highest BCUT2D eigenvalue weighted by Crippen LogP contribution is 2.01. The third-order valence-corrected chi connectivity index (χ3v) is 1.19. The fourth-order valence-electron chi connectivity index (χ4n) is 0.486. The molecule has 0 aromatic rings. The fraction of sp³-hybridized carbons (Fsp3) is 0.833. The summed E-state index contributed by atoms with van der Waals surface area (Å²) in [5.74, 6) is 1.93. The minimum Gasteiger partial charge on any atom is -0.369 e. The van der Waals surface area contributed by atoms with Gasteiger partial charge >= 0.3 is 0 Å². The zero-order valence-electron chi connectivity index (χ0n) is 4.85. The van der Waals surface area contributed by atoms with Gasteiger partial charge in [0.15, 0.2) is 0 Å². The zero-order valence-corrected chi connectivity index (χ0v) is 5.75. The molecule has 0 saturated carbocycles. The second-order valence-electron chi connectivity index (χ2n) is 1.68. The maximum atomic E-state index is 3.97. The molecule has 44 valence electrons. The predicted molar refractivity (Wildman–Crippen MR) is 37.4 cm³/mol. The summed E-state index contributed by atoms with van der Waals surface area (Å²) in [4.78, 5) is 0. The van der Waals surface area contributed by atoms with E-state index in [0.29, 0.717) is 0 Å². The van der Waals surface area contributed by atoms with Crippen LogP contribution in [0.25, 0.3) is 0 Å². The fourth-order valence-corrected chi connectivity index (χ4v) is 0.668. The van der Waals surface area contributed by atoms with E-state index in [1.165, 1.54) is 19.3 Å². The smallest absolute Gasteiger partial charge is 0.0560 e. The molecule has 0 unspecified atom stereocenters. The third kappa shape index (κ3) is 6.35. The highest BCUT2D eigenvalue weighted by atomic mass is 32.1. The summed E-state index contributed by atoms with van der Waals surface area (Å²) in [7, 11) is 0. The number of hydrogen-bond donors (Lipinski definition) is 1. The van der Waals surface area contributed by atoms with Gasteiger partial charge in [-0.05, 0) is 0 Å². The Balaban J connectivity index is 2.45. The molecular weight excluding hydrogens is 104 g/mol. The van der Waals surface area contributed by atoms with Crippen molar-refractivity contribution in [2.75, 3.05) is 0 Å². The quantitative estimate of drug-likeness (QED) is 0.326. The number of hydrogen-bond acceptors (Lipinski definition) is 1. The average molecular weight is 117 g/mol. The van der Waals surface area contributed by atoms with Crippen LogP contribution in [0.3, 0.4) is 0 Å². The molecule has 0 radical (unpaired) electrons. The normalized spacial score (nSPS) is 9.43. The Bertz CT molecular complexity index is 23.4. The van der Waals surface area contributed by atoms with Crippen LogP contribution < -0.4 is 0 Å². The van der Waals surface area contributed by atoms with Crippen LogP contribution in [-0.4, -0.2) is 0 Å². The van der Waals surface area contributed by atoms with Crippen LogP contribution in [0, 0.1) is 5.75 Å². The molecule has 0 aliphatic carbocycles. The molecule has 0 aliphatic heterocycles. The van der Waals surface area contributed by atoms with E-state index in [4.69, 9.17) is 0 Å². The lowest BCUT2D eigenvalue weighted by molar-refractivity contribution is 0.724. The first-order valence-corrected chi connectivity index (χ1v) is 3.39. The van der Waals surface area contributed by atoms with Gasteiger partial charge in [-0.25, -0.2) is 0 Å². The van der Waals surface area contributed by atoms with Gasteiger partial charge in [-0.2, -0.15) is 6.42 Å². The summed E-state index contributed by atoms with van der Waals surface area (Å²) in [6, 6.07) is 0. The zero-order chi connectivity index (χ0) is 5.54. The van der Waals surface area contributed by atoms with Crippen LogP contribution in [0.4, 0.5) is 0 Å². The van der Waals surface area contributed by atoms with Gasteiger partial charge in [0.25, 0.3) is 0 Å². The molecule has 0 bridgehead atoms. The van der Waals surface area contributed by atoms with Crippen molar-refractivity contribution < 1.29 is 0 Å². The van der Waals surface area contributed by atoms with Gasteiger partial charge in [-0.3, -0.25) is 5.75 Å². The van der Waals surface area contributed by atoms with Crippen LogP contribution in [0.5, 0.6) is 0 Å². The van der Waals surface area contributed by atoms with E-state index >= 15 is 0 Å². The van der Waals surface area contributed by atoms with E-state index in [-0.39, 0.29) is 0 Å². The Labute approximate surface area is 51.7 Å². The van der Waals surface area contributed by atoms with E-state index in [9.17, 15) is 0 Å². The van der Waals surface area contributed by atoms with Crippen molar-refractivity contribution in [1.29, 1.82) is 0 Å². The molecule has 0 aliphatic rings. The van der Waals surface area contributed by atoms with Crippen LogP contribution in [0.15, 0.2) is 0 Å². The molecule has 0 fully saturated rings. The van der Waals surface area contributed by atoms with Gasteiger partial charge in [0.05, 0.1) is 0 Å². The minimum absolute atomic E-state index is 1.16. The van der Waals surface area contributed by atoms with Crippen molar-refractivity contribution in [3.05, 3.63) is 5.75 Å². The van der Waals surface area contributed by atoms with Crippen molar-refractivity contribution in [3.63, 3.8) is 0 Å². The lowest BCUT2D eigenvalue weighted by atomic mass is 10.2. The SMILES string of the molecule is CCCCC[CH-]S. The molecule has 0 N–H and O–H groups in total. The largest absolute Gasteiger partial charge is 0.369 e. The highest BCUT2D eigenvalue weighted by molar-refractivity contribution is 7.82. The number of unbranched alkanes of at least 4 members (excludes halogenated alkanes) is 3. The van der Waals surface area contributed by atoms with Crippen LogP contribution in [0.2, 0.25) is 0 Å². The minimum atomic E-state index is 1.16. The van der Waals surface area contributed by atoms with E-state index in [2.05, 4.69) is 19.6 Å². The van der Waals surface area contributed by atoms with Crippen molar-refractivity contribution >= 4 is 12.6 Å². The Morgan fingerprint density at radius 3 is 2.57 bits per heavy atom. The highest BCUT2D eigenvalue weighted by Gasteiger charge is 1.74. The molecule has 0 aromatic heterocycles. The molecule has 0 atom stereocenters. The molecule has 0 nitrogen and oxygen atoms in total. The first-order valence-electron chi connectivity index (χ1n) is 2.87. The molecule has 0 heterocycles. The first kappa shape index (κ1) is 7.35. The maximum Gasteiger partial charge on any atom is -0.0560 e. The van der Waals surface area contributed by atoms with Gasteiger partial charge < -0.3 is 12.6 Å². The number of thiol groups is 1. The Hall–Kier alpha value is 0.350. The first-order chi connectivity index (χ1) is 3.41. The molecule has 0 saturated heterocycles. The van der Waals surface area contributed by atoms with Gasteiger partial charge in [0.1, 0.15) is 0 Å². The van der Waals surface area contributed by atoms with Gasteiger partial charge in [-0.15, -0.1) is 0 Å². The van der Waals surface area contributed by atoms with Crippen molar-refractivity contribution in [2.45, 2.75) is 32.6 Å². The van der Waals surface area contributed by atoms with Crippen molar-refractivity contribution in [3.8, 4) is 0 Å². The molecule has 0 spiro atoms. The summed E-state index contributed by atoms with van der Waals surface area (Å²) in [5, 5.41) is 0. The molecule has 0 aromatic carbocycles. The maximum absolute atomic E-state index is 3.97. The Morgan fingerprint density at radius 1 is 1.43 bits per heavy atom. The second-order valence-corrected chi connectivity index (χ2v) is 2.04. The summed E-state index contributed by atoms with van der Waals surface area (Å²) in [6.07, 6.45) is 5.12. The van der Waals surface area contributed by atoms with Crippen molar-refractivity contribution in [2.24, 2.45) is 0 Å². The standard InChI is InChI=1S/C6H13S/c1-2-3-4-5-6-7/h6-7H,2-5H2,1H3/q-1. The van der Waals surface area contributed by atoms with E-state index in [0.717, 1.165) is 6.42 Å². The lowest BCUT2D eigenvalue weighted by Crippen LogP contribution is -1.70.